The number of benzene rings is 1. The van der Waals surface area contributed by atoms with Crippen LogP contribution >= 0.6 is 0 Å². The van der Waals surface area contributed by atoms with Crippen molar-refractivity contribution in [1.82, 2.24) is 0 Å². The van der Waals surface area contributed by atoms with E-state index in [9.17, 15) is 9.50 Å². The normalized spacial score (nSPS) is 35.0. The highest BCUT2D eigenvalue weighted by atomic mass is 19.1. The second-order valence-corrected chi connectivity index (χ2v) is 6.79. The molecule has 114 valence electrons. The van der Waals surface area contributed by atoms with E-state index < -0.39 is 5.60 Å². The van der Waals surface area contributed by atoms with E-state index in [0.717, 1.165) is 12.8 Å². The number of rotatable bonds is 4. The highest BCUT2D eigenvalue weighted by molar-refractivity contribution is 5.39. The lowest BCUT2D eigenvalue weighted by molar-refractivity contribution is -0.116. The Bertz CT molecular complexity index is 529. The summed E-state index contributed by atoms with van der Waals surface area (Å²) in [5.41, 5.74) is -0.422. The molecule has 2 bridgehead atoms. The van der Waals surface area contributed by atoms with Crippen LogP contribution in [0, 0.1) is 11.7 Å². The molecule has 0 aromatic heterocycles. The van der Waals surface area contributed by atoms with Crippen molar-refractivity contribution in [1.29, 1.82) is 0 Å². The maximum atomic E-state index is 13.7. The summed E-state index contributed by atoms with van der Waals surface area (Å²) in [4.78, 5) is 0. The Morgan fingerprint density at radius 3 is 2.57 bits per heavy atom. The molecule has 2 atom stereocenters. The molecule has 3 aliphatic rings. The zero-order chi connectivity index (χ0) is 14.4. The van der Waals surface area contributed by atoms with Crippen molar-refractivity contribution < 1.29 is 19.0 Å². The Morgan fingerprint density at radius 1 is 1.19 bits per heavy atom. The average molecular weight is 292 g/mol. The van der Waals surface area contributed by atoms with Gasteiger partial charge in [0.2, 0.25) is 0 Å². The maximum Gasteiger partial charge on any atom is 0.125 e. The number of aliphatic hydroxyl groups is 1. The lowest BCUT2D eigenvalue weighted by atomic mass is 9.83. The fourth-order valence-corrected chi connectivity index (χ4v) is 3.62. The van der Waals surface area contributed by atoms with Crippen molar-refractivity contribution in [3.05, 3.63) is 29.6 Å². The number of fused-ring (bicyclic) bond motifs is 2. The van der Waals surface area contributed by atoms with Gasteiger partial charge in [-0.1, -0.05) is 0 Å². The molecule has 3 nitrogen and oxygen atoms in total. The van der Waals surface area contributed by atoms with Gasteiger partial charge in [-0.15, -0.1) is 0 Å². The minimum Gasteiger partial charge on any atom is -0.493 e. The van der Waals surface area contributed by atoms with Crippen LogP contribution in [0.25, 0.3) is 0 Å². The summed E-state index contributed by atoms with van der Waals surface area (Å²) in [6.07, 6.45) is 5.64. The van der Waals surface area contributed by atoms with Crippen molar-refractivity contribution in [2.24, 2.45) is 5.92 Å². The van der Waals surface area contributed by atoms with E-state index in [2.05, 4.69) is 0 Å². The van der Waals surface area contributed by atoms with E-state index in [1.54, 1.807) is 6.07 Å². The van der Waals surface area contributed by atoms with Crippen LogP contribution in [-0.2, 0) is 10.3 Å². The Hall–Kier alpha value is -1.13. The third-order valence-corrected chi connectivity index (χ3v) is 4.94. The molecule has 4 heteroatoms. The predicted octanol–water partition coefficient (Wildman–Crippen LogP) is 3.14. The first-order valence-electron chi connectivity index (χ1n) is 7.93. The monoisotopic (exact) mass is 292 g/mol. The van der Waals surface area contributed by atoms with Crippen LogP contribution in [0.2, 0.25) is 0 Å². The van der Waals surface area contributed by atoms with Gasteiger partial charge in [0.05, 0.1) is 24.4 Å². The van der Waals surface area contributed by atoms with Crippen molar-refractivity contribution in [2.45, 2.75) is 56.3 Å². The van der Waals surface area contributed by atoms with Crippen molar-refractivity contribution in [2.75, 3.05) is 6.61 Å². The van der Waals surface area contributed by atoms with Crippen LogP contribution in [-0.4, -0.2) is 23.9 Å². The Kier molecular flexibility index (Phi) is 3.19. The van der Waals surface area contributed by atoms with Gasteiger partial charge in [0, 0.05) is 18.4 Å². The molecule has 2 unspecified atom stereocenters. The largest absolute Gasteiger partial charge is 0.493 e. The lowest BCUT2D eigenvalue weighted by Gasteiger charge is -2.37. The van der Waals surface area contributed by atoms with E-state index in [4.69, 9.17) is 9.47 Å². The van der Waals surface area contributed by atoms with Gasteiger partial charge in [-0.3, -0.25) is 0 Å². The molecule has 21 heavy (non-hydrogen) atoms. The molecular formula is C17H21FO3. The van der Waals surface area contributed by atoms with Crippen molar-refractivity contribution >= 4 is 0 Å². The van der Waals surface area contributed by atoms with Gasteiger partial charge < -0.3 is 14.6 Å². The standard InChI is InChI=1S/C17H21FO3/c18-12-3-6-16(20-10-11-1-2-11)15(7-12)17(19)8-13-4-5-14(9-17)21-13/h3,6-7,11,13-14,19H,1-2,4-5,8-10H2. The zero-order valence-corrected chi connectivity index (χ0v) is 12.1. The topological polar surface area (TPSA) is 38.7 Å². The van der Waals surface area contributed by atoms with Crippen molar-refractivity contribution in [3.8, 4) is 5.75 Å². The van der Waals surface area contributed by atoms with E-state index in [1.165, 1.54) is 25.0 Å². The van der Waals surface area contributed by atoms with Crippen molar-refractivity contribution in [3.63, 3.8) is 0 Å². The summed E-state index contributed by atoms with van der Waals surface area (Å²) < 4.78 is 25.4. The van der Waals surface area contributed by atoms with E-state index >= 15 is 0 Å². The fourth-order valence-electron chi connectivity index (χ4n) is 3.62. The molecular weight excluding hydrogens is 271 g/mol. The average Bonchev–Trinajstić information content (AvgIpc) is 3.22. The molecule has 1 aromatic carbocycles. The van der Waals surface area contributed by atoms with Crippen LogP contribution < -0.4 is 4.74 Å². The summed E-state index contributed by atoms with van der Waals surface area (Å²) in [6.45, 7) is 0.665. The second kappa shape index (κ2) is 4.96. The van der Waals surface area contributed by atoms with Crippen LogP contribution in [0.5, 0.6) is 5.75 Å². The van der Waals surface area contributed by atoms with Gasteiger partial charge in [0.1, 0.15) is 11.6 Å². The molecule has 1 aliphatic carbocycles. The smallest absolute Gasteiger partial charge is 0.125 e. The number of hydrogen-bond donors (Lipinski definition) is 1. The van der Waals surface area contributed by atoms with Gasteiger partial charge in [0.25, 0.3) is 0 Å². The van der Waals surface area contributed by atoms with E-state index in [-0.39, 0.29) is 18.0 Å². The molecule has 2 aliphatic heterocycles. The first-order valence-corrected chi connectivity index (χ1v) is 7.93. The number of ether oxygens (including phenoxy) is 2. The first-order chi connectivity index (χ1) is 10.1. The third-order valence-electron chi connectivity index (χ3n) is 4.94. The summed E-state index contributed by atoms with van der Waals surface area (Å²) >= 11 is 0. The van der Waals surface area contributed by atoms with Crippen LogP contribution in [0.4, 0.5) is 4.39 Å². The molecule has 0 radical (unpaired) electrons. The SMILES string of the molecule is OC1(c2cc(F)ccc2OCC2CC2)CC2CCC(C1)O2. The summed E-state index contributed by atoms with van der Waals surface area (Å²) in [5, 5.41) is 11.1. The van der Waals surface area contributed by atoms with Crippen LogP contribution in [0.1, 0.15) is 44.1 Å². The number of halogens is 1. The highest BCUT2D eigenvalue weighted by Gasteiger charge is 2.46. The molecule has 0 amide bonds. The summed E-state index contributed by atoms with van der Waals surface area (Å²) in [5.74, 6) is 0.937. The van der Waals surface area contributed by atoms with E-state index in [1.807, 2.05) is 0 Å². The first kappa shape index (κ1) is 13.5. The molecule has 2 heterocycles. The van der Waals surface area contributed by atoms with Gasteiger partial charge in [-0.2, -0.15) is 0 Å². The molecule has 3 fully saturated rings. The second-order valence-electron chi connectivity index (χ2n) is 6.79. The van der Waals surface area contributed by atoms with Gasteiger partial charge in [-0.25, -0.2) is 4.39 Å². The molecule has 1 saturated carbocycles. The van der Waals surface area contributed by atoms with Gasteiger partial charge in [0.15, 0.2) is 0 Å². The summed E-state index contributed by atoms with van der Waals surface area (Å²) in [7, 11) is 0. The molecule has 4 rings (SSSR count). The van der Waals surface area contributed by atoms with Crippen LogP contribution in [0.3, 0.4) is 0 Å². The molecule has 1 aromatic rings. The quantitative estimate of drug-likeness (QED) is 0.926. The zero-order valence-electron chi connectivity index (χ0n) is 12.1. The maximum absolute atomic E-state index is 13.7. The lowest BCUT2D eigenvalue weighted by Crippen LogP contribution is -2.39. The highest BCUT2D eigenvalue weighted by Crippen LogP contribution is 2.46. The Labute approximate surface area is 124 Å². The number of hydrogen-bond acceptors (Lipinski definition) is 3. The predicted molar refractivity (Wildman–Crippen MR) is 75.6 cm³/mol. The molecule has 2 saturated heterocycles. The van der Waals surface area contributed by atoms with Gasteiger partial charge in [-0.05, 0) is 49.8 Å². The summed E-state index contributed by atoms with van der Waals surface area (Å²) in [6, 6.07) is 4.50. The third kappa shape index (κ3) is 2.67. The minimum atomic E-state index is -1.02. The Morgan fingerprint density at radius 2 is 1.90 bits per heavy atom. The molecule has 0 spiro atoms. The fraction of sp³-hybridized carbons (Fsp3) is 0.647. The minimum absolute atomic E-state index is 0.0910. The Balaban J connectivity index is 1.63. The van der Waals surface area contributed by atoms with Gasteiger partial charge >= 0.3 is 0 Å². The van der Waals surface area contributed by atoms with E-state index in [0.29, 0.717) is 36.7 Å². The molecule has 1 N–H and O–H groups in total. The van der Waals surface area contributed by atoms with Crippen LogP contribution in [0.15, 0.2) is 18.2 Å².